The second-order valence-electron chi connectivity index (χ2n) is 7.35. The average Bonchev–Trinajstić information content (AvgIpc) is 3.04. The van der Waals surface area contributed by atoms with Crippen molar-refractivity contribution in [2.75, 3.05) is 32.8 Å². The molecule has 2 aromatic rings. The quantitative estimate of drug-likeness (QED) is 0.841. The monoisotopic (exact) mass is 342 g/mol. The fraction of sp³-hybridized carbons (Fsp3) is 0.550. The predicted molar refractivity (Wildman–Crippen MR) is 96.9 cm³/mol. The molecule has 3 heterocycles. The van der Waals surface area contributed by atoms with Gasteiger partial charge in [0.25, 0.3) is 5.91 Å². The Bertz CT molecular complexity index is 761. The van der Waals surface area contributed by atoms with E-state index in [1.165, 1.54) is 5.56 Å². The van der Waals surface area contributed by atoms with Crippen molar-refractivity contribution in [2.24, 2.45) is 0 Å². The van der Waals surface area contributed by atoms with Crippen LogP contribution in [0.4, 0.5) is 0 Å². The Morgan fingerprint density at radius 3 is 2.72 bits per heavy atom. The zero-order chi connectivity index (χ0) is 17.4. The summed E-state index contributed by atoms with van der Waals surface area (Å²) < 4.78 is 11.4. The standard InChI is InChI=1S/C20H26N2O3/c1-14-3-4-18-16(11-14)12-19(25-18)20(23)21-7-5-17(6-8-21)22-9-10-24-15(2)13-22/h3-4,11-12,15,17H,5-10,13H2,1-2H3/t15-/m0/s1. The number of carbonyl (C=O) groups excluding carboxylic acids is 1. The molecule has 1 atom stereocenters. The van der Waals surface area contributed by atoms with E-state index in [9.17, 15) is 4.79 Å². The Morgan fingerprint density at radius 1 is 1.16 bits per heavy atom. The van der Waals surface area contributed by atoms with Crippen LogP contribution < -0.4 is 0 Å². The lowest BCUT2D eigenvalue weighted by Gasteiger charge is -2.41. The van der Waals surface area contributed by atoms with E-state index in [2.05, 4.69) is 17.9 Å². The third kappa shape index (κ3) is 3.44. The molecule has 0 radical (unpaired) electrons. The van der Waals surface area contributed by atoms with Crippen molar-refractivity contribution in [3.05, 3.63) is 35.6 Å². The molecule has 0 N–H and O–H groups in total. The fourth-order valence-electron chi connectivity index (χ4n) is 4.04. The van der Waals surface area contributed by atoms with Crippen LogP contribution >= 0.6 is 0 Å². The van der Waals surface area contributed by atoms with Gasteiger partial charge in [0.2, 0.25) is 0 Å². The summed E-state index contributed by atoms with van der Waals surface area (Å²) in [5.41, 5.74) is 1.96. The van der Waals surface area contributed by atoms with Crippen molar-refractivity contribution in [3.63, 3.8) is 0 Å². The molecule has 5 heteroatoms. The first-order valence-electron chi connectivity index (χ1n) is 9.25. The summed E-state index contributed by atoms with van der Waals surface area (Å²) in [6.45, 7) is 8.60. The highest BCUT2D eigenvalue weighted by molar-refractivity contribution is 5.96. The highest BCUT2D eigenvalue weighted by Gasteiger charge is 2.30. The summed E-state index contributed by atoms with van der Waals surface area (Å²) in [5, 5.41) is 1.00. The van der Waals surface area contributed by atoms with Gasteiger partial charge in [0.1, 0.15) is 5.58 Å². The zero-order valence-corrected chi connectivity index (χ0v) is 15.0. The van der Waals surface area contributed by atoms with Crippen LogP contribution in [0, 0.1) is 6.92 Å². The summed E-state index contributed by atoms with van der Waals surface area (Å²) in [6.07, 6.45) is 2.36. The van der Waals surface area contributed by atoms with Crippen molar-refractivity contribution in [1.82, 2.24) is 9.80 Å². The molecular weight excluding hydrogens is 316 g/mol. The van der Waals surface area contributed by atoms with Crippen LogP contribution in [0.2, 0.25) is 0 Å². The van der Waals surface area contributed by atoms with Gasteiger partial charge in [-0.3, -0.25) is 9.69 Å². The lowest BCUT2D eigenvalue weighted by molar-refractivity contribution is -0.0424. The van der Waals surface area contributed by atoms with Gasteiger partial charge in [-0.2, -0.15) is 0 Å². The number of morpholine rings is 1. The summed E-state index contributed by atoms with van der Waals surface area (Å²) >= 11 is 0. The number of aryl methyl sites for hydroxylation is 1. The van der Waals surface area contributed by atoms with Gasteiger partial charge in [-0.15, -0.1) is 0 Å². The van der Waals surface area contributed by atoms with E-state index in [1.54, 1.807) is 0 Å². The van der Waals surface area contributed by atoms with Crippen molar-refractivity contribution in [2.45, 2.75) is 38.8 Å². The molecule has 0 bridgehead atoms. The molecule has 2 saturated heterocycles. The molecular formula is C20H26N2O3. The minimum absolute atomic E-state index is 0.0163. The molecule has 1 aromatic heterocycles. The molecule has 2 aliphatic heterocycles. The van der Waals surface area contributed by atoms with Crippen LogP contribution in [-0.4, -0.2) is 60.6 Å². The Labute approximate surface area is 148 Å². The van der Waals surface area contributed by atoms with Crippen molar-refractivity contribution in [1.29, 1.82) is 0 Å². The van der Waals surface area contributed by atoms with Crippen molar-refractivity contribution < 1.29 is 13.9 Å². The number of furan rings is 1. The maximum atomic E-state index is 12.8. The van der Waals surface area contributed by atoms with E-state index in [4.69, 9.17) is 9.15 Å². The molecule has 5 nitrogen and oxygen atoms in total. The van der Waals surface area contributed by atoms with E-state index in [0.717, 1.165) is 56.6 Å². The molecule has 1 aromatic carbocycles. The van der Waals surface area contributed by atoms with Crippen LogP contribution in [0.5, 0.6) is 0 Å². The van der Waals surface area contributed by atoms with Gasteiger partial charge in [0.15, 0.2) is 5.76 Å². The molecule has 1 amide bonds. The van der Waals surface area contributed by atoms with E-state index in [0.29, 0.717) is 17.9 Å². The SMILES string of the molecule is Cc1ccc2oc(C(=O)N3CCC(N4CCO[C@@H](C)C4)CC3)cc2c1. The Kier molecular flexibility index (Phi) is 4.52. The van der Waals surface area contributed by atoms with Gasteiger partial charge >= 0.3 is 0 Å². The smallest absolute Gasteiger partial charge is 0.289 e. The number of carbonyl (C=O) groups is 1. The van der Waals surface area contributed by atoms with E-state index in [-0.39, 0.29) is 5.91 Å². The first-order chi connectivity index (χ1) is 12.1. The number of hydrogen-bond acceptors (Lipinski definition) is 4. The second kappa shape index (κ2) is 6.81. The minimum atomic E-state index is 0.0163. The number of ether oxygens (including phenoxy) is 1. The Morgan fingerprint density at radius 2 is 1.96 bits per heavy atom. The molecule has 134 valence electrons. The lowest BCUT2D eigenvalue weighted by atomic mass is 10.0. The second-order valence-corrected chi connectivity index (χ2v) is 7.35. The maximum Gasteiger partial charge on any atom is 0.289 e. The summed E-state index contributed by atoms with van der Waals surface area (Å²) in [4.78, 5) is 17.3. The van der Waals surface area contributed by atoms with Gasteiger partial charge in [-0.25, -0.2) is 0 Å². The van der Waals surface area contributed by atoms with Crippen LogP contribution in [0.15, 0.2) is 28.7 Å². The minimum Gasteiger partial charge on any atom is -0.451 e. The van der Waals surface area contributed by atoms with Crippen LogP contribution in [0.3, 0.4) is 0 Å². The molecule has 2 fully saturated rings. The Balaban J connectivity index is 1.40. The normalized spacial score (nSPS) is 23.3. The highest BCUT2D eigenvalue weighted by atomic mass is 16.5. The number of hydrogen-bond donors (Lipinski definition) is 0. The van der Waals surface area contributed by atoms with Gasteiger partial charge in [0.05, 0.1) is 12.7 Å². The fourth-order valence-corrected chi connectivity index (χ4v) is 4.04. The first kappa shape index (κ1) is 16.6. The predicted octanol–water partition coefficient (Wildman–Crippen LogP) is 3.07. The molecule has 0 unspecified atom stereocenters. The number of fused-ring (bicyclic) bond motifs is 1. The van der Waals surface area contributed by atoms with Gasteiger partial charge in [-0.1, -0.05) is 11.6 Å². The molecule has 0 spiro atoms. The van der Waals surface area contributed by atoms with E-state index in [1.807, 2.05) is 30.0 Å². The molecule has 25 heavy (non-hydrogen) atoms. The summed E-state index contributed by atoms with van der Waals surface area (Å²) in [5.74, 6) is 0.474. The van der Waals surface area contributed by atoms with Gasteiger partial charge in [-0.05, 0) is 44.9 Å². The topological polar surface area (TPSA) is 45.9 Å². The first-order valence-corrected chi connectivity index (χ1v) is 9.25. The van der Waals surface area contributed by atoms with E-state index >= 15 is 0 Å². The van der Waals surface area contributed by atoms with Crippen LogP contribution in [-0.2, 0) is 4.74 Å². The number of rotatable bonds is 2. The third-order valence-corrected chi connectivity index (χ3v) is 5.42. The maximum absolute atomic E-state index is 12.8. The number of nitrogens with zero attached hydrogens (tertiary/aromatic N) is 2. The van der Waals surface area contributed by atoms with E-state index < -0.39 is 0 Å². The van der Waals surface area contributed by atoms with Gasteiger partial charge in [0, 0.05) is 37.6 Å². The van der Waals surface area contributed by atoms with Crippen molar-refractivity contribution in [3.8, 4) is 0 Å². The molecule has 2 aliphatic rings. The average molecular weight is 342 g/mol. The third-order valence-electron chi connectivity index (χ3n) is 5.42. The summed E-state index contributed by atoms with van der Waals surface area (Å²) in [7, 11) is 0. The molecule has 0 saturated carbocycles. The largest absolute Gasteiger partial charge is 0.451 e. The number of amides is 1. The molecule has 0 aliphatic carbocycles. The summed E-state index contributed by atoms with van der Waals surface area (Å²) in [6, 6.07) is 8.44. The highest BCUT2D eigenvalue weighted by Crippen LogP contribution is 2.24. The van der Waals surface area contributed by atoms with Gasteiger partial charge < -0.3 is 14.1 Å². The van der Waals surface area contributed by atoms with Crippen LogP contribution in [0.1, 0.15) is 35.9 Å². The Hall–Kier alpha value is -1.85. The zero-order valence-electron chi connectivity index (χ0n) is 15.0. The molecule has 4 rings (SSSR count). The number of piperidine rings is 1. The number of likely N-dealkylation sites (tertiary alicyclic amines) is 1. The van der Waals surface area contributed by atoms with Crippen LogP contribution in [0.25, 0.3) is 11.0 Å². The van der Waals surface area contributed by atoms with Crippen molar-refractivity contribution >= 4 is 16.9 Å². The lowest BCUT2D eigenvalue weighted by Crippen LogP contribution is -2.51. The number of benzene rings is 1.